The molecule has 0 N–H and O–H groups in total. The van der Waals surface area contributed by atoms with Crippen molar-refractivity contribution in [2.24, 2.45) is 0 Å². The Morgan fingerprint density at radius 1 is 1.03 bits per heavy atom. The summed E-state index contributed by atoms with van der Waals surface area (Å²) >= 11 is 1.81. The molecule has 0 atom stereocenters. The number of aromatic nitrogens is 1. The van der Waals surface area contributed by atoms with Crippen molar-refractivity contribution in [2.45, 2.75) is 24.3 Å². The maximum absolute atomic E-state index is 11.4. The van der Waals surface area contributed by atoms with Gasteiger partial charge in [-0.2, -0.15) is 8.42 Å². The molecule has 5 nitrogen and oxygen atoms in total. The molecule has 0 bridgehead atoms. The quantitative estimate of drug-likeness (QED) is 0.311. The van der Waals surface area contributed by atoms with Gasteiger partial charge in [0, 0.05) is 30.4 Å². The van der Waals surface area contributed by atoms with Crippen LogP contribution in [0.5, 0.6) is 5.75 Å². The van der Waals surface area contributed by atoms with E-state index in [1.807, 2.05) is 36.2 Å². The molecule has 1 aliphatic rings. The van der Waals surface area contributed by atoms with Crippen molar-refractivity contribution in [3.8, 4) is 5.75 Å². The molecule has 4 rings (SSSR count). The van der Waals surface area contributed by atoms with Crippen molar-refractivity contribution in [3.05, 3.63) is 65.9 Å². The van der Waals surface area contributed by atoms with Crippen molar-refractivity contribution >= 4 is 32.7 Å². The molecule has 1 aromatic heterocycles. The molecule has 0 radical (unpaired) electrons. The summed E-state index contributed by atoms with van der Waals surface area (Å²) < 4.78 is 27.8. The lowest BCUT2D eigenvalue weighted by Gasteiger charge is -2.19. The average molecular weight is 443 g/mol. The molecular weight excluding hydrogens is 416 g/mol. The van der Waals surface area contributed by atoms with Crippen LogP contribution in [0.2, 0.25) is 0 Å². The fourth-order valence-corrected chi connectivity index (χ4v) is 5.08. The highest BCUT2D eigenvalue weighted by atomic mass is 32.2. The molecule has 1 aliphatic heterocycles. The van der Waals surface area contributed by atoms with E-state index < -0.39 is 10.1 Å². The third kappa shape index (κ3) is 5.74. The first-order valence-electron chi connectivity index (χ1n) is 10.2. The van der Waals surface area contributed by atoms with Gasteiger partial charge in [-0.3, -0.25) is 0 Å². The third-order valence-electron chi connectivity index (χ3n) is 5.29. The van der Waals surface area contributed by atoms with Gasteiger partial charge in [0.15, 0.2) is 0 Å². The van der Waals surface area contributed by atoms with Crippen LogP contribution in [0.4, 0.5) is 0 Å². The van der Waals surface area contributed by atoms with E-state index in [4.69, 9.17) is 4.18 Å². The van der Waals surface area contributed by atoms with Gasteiger partial charge in [0.25, 0.3) is 0 Å². The van der Waals surface area contributed by atoms with Crippen LogP contribution in [-0.2, 0) is 23.0 Å². The Morgan fingerprint density at radius 3 is 2.60 bits per heavy atom. The van der Waals surface area contributed by atoms with Gasteiger partial charge >= 0.3 is 10.1 Å². The molecule has 0 fully saturated rings. The summed E-state index contributed by atoms with van der Waals surface area (Å²) in [5.74, 6) is 1.45. The molecule has 2 aromatic carbocycles. The molecule has 0 saturated heterocycles. The Balaban J connectivity index is 1.26. The monoisotopic (exact) mass is 442 g/mol. The van der Waals surface area contributed by atoms with Gasteiger partial charge in [-0.15, -0.1) is 11.8 Å². The molecular formula is C23H26N2O3S2. The predicted molar refractivity (Wildman–Crippen MR) is 123 cm³/mol. The maximum atomic E-state index is 11.4. The largest absolute Gasteiger partial charge is 0.383 e. The highest BCUT2D eigenvalue weighted by Crippen LogP contribution is 2.24. The zero-order valence-electron chi connectivity index (χ0n) is 17.1. The number of fused-ring (bicyclic) bond motifs is 2. The number of hydrogen-bond donors (Lipinski definition) is 0. The number of nitrogens with zero attached hydrogens (tertiary/aromatic N) is 2. The third-order valence-corrected chi connectivity index (χ3v) is 6.80. The van der Waals surface area contributed by atoms with E-state index in [9.17, 15) is 8.42 Å². The van der Waals surface area contributed by atoms with Gasteiger partial charge in [-0.1, -0.05) is 30.3 Å². The van der Waals surface area contributed by atoms with Gasteiger partial charge < -0.3 is 9.08 Å². The first-order valence-corrected chi connectivity index (χ1v) is 13.0. The minimum Gasteiger partial charge on any atom is -0.383 e. The van der Waals surface area contributed by atoms with Gasteiger partial charge in [-0.25, -0.2) is 4.98 Å². The molecule has 0 spiro atoms. The van der Waals surface area contributed by atoms with Crippen LogP contribution in [0.15, 0.2) is 59.8 Å². The van der Waals surface area contributed by atoms with E-state index in [-0.39, 0.29) is 0 Å². The first kappa shape index (κ1) is 21.2. The van der Waals surface area contributed by atoms with Crippen molar-refractivity contribution in [2.75, 3.05) is 31.6 Å². The first-order chi connectivity index (χ1) is 14.5. The fraction of sp³-hybridized carbons (Fsp3) is 0.348. The number of rotatable bonds is 7. The minimum absolute atomic E-state index is 0.406. The van der Waals surface area contributed by atoms with Gasteiger partial charge in [0.05, 0.1) is 11.3 Å². The van der Waals surface area contributed by atoms with Crippen LogP contribution >= 0.6 is 11.8 Å². The van der Waals surface area contributed by atoms with Crippen LogP contribution in [0.1, 0.15) is 17.5 Å². The van der Waals surface area contributed by atoms with Crippen molar-refractivity contribution < 1.29 is 12.6 Å². The van der Waals surface area contributed by atoms with Crippen molar-refractivity contribution in [3.63, 3.8) is 0 Å². The van der Waals surface area contributed by atoms with Crippen LogP contribution < -0.4 is 4.18 Å². The van der Waals surface area contributed by atoms with Crippen molar-refractivity contribution in [1.82, 2.24) is 9.88 Å². The molecule has 3 aromatic rings. The summed E-state index contributed by atoms with van der Waals surface area (Å²) in [4.78, 5) is 7.05. The highest BCUT2D eigenvalue weighted by molar-refractivity contribution is 7.99. The lowest BCUT2D eigenvalue weighted by atomic mass is 10.0. The highest BCUT2D eigenvalue weighted by Gasteiger charge is 2.15. The van der Waals surface area contributed by atoms with Crippen molar-refractivity contribution in [1.29, 1.82) is 0 Å². The lowest BCUT2D eigenvalue weighted by Crippen LogP contribution is -2.27. The van der Waals surface area contributed by atoms with E-state index in [0.717, 1.165) is 55.9 Å². The average Bonchev–Trinajstić information content (AvgIpc) is 2.92. The second kappa shape index (κ2) is 9.37. The summed E-state index contributed by atoms with van der Waals surface area (Å²) in [6.45, 7) is 3.06. The summed E-state index contributed by atoms with van der Waals surface area (Å²) in [5, 5.41) is 3.49. The Labute approximate surface area is 182 Å². The van der Waals surface area contributed by atoms with Crippen LogP contribution in [0, 0.1) is 0 Å². The summed E-state index contributed by atoms with van der Waals surface area (Å²) in [6, 6.07) is 16.1. The molecule has 0 amide bonds. The number of hydrogen-bond acceptors (Lipinski definition) is 6. The number of thioether (sulfide) groups is 1. The number of benzene rings is 2. The smallest absolute Gasteiger partial charge is 0.306 e. The van der Waals surface area contributed by atoms with E-state index in [2.05, 4.69) is 34.1 Å². The van der Waals surface area contributed by atoms with Crippen LogP contribution in [0.25, 0.3) is 10.8 Å². The number of pyridine rings is 1. The summed E-state index contributed by atoms with van der Waals surface area (Å²) in [6.07, 6.45) is 6.03. The molecule has 0 aliphatic carbocycles. The Morgan fingerprint density at radius 2 is 1.80 bits per heavy atom. The zero-order valence-corrected chi connectivity index (χ0v) is 18.7. The predicted octanol–water partition coefficient (Wildman–Crippen LogP) is 4.16. The molecule has 0 saturated carbocycles. The molecule has 30 heavy (non-hydrogen) atoms. The lowest BCUT2D eigenvalue weighted by molar-refractivity contribution is 0.289. The molecule has 0 unspecified atom stereocenters. The normalized spacial score (nSPS) is 15.0. The maximum Gasteiger partial charge on any atom is 0.306 e. The van der Waals surface area contributed by atoms with Gasteiger partial charge in [0.1, 0.15) is 5.75 Å². The minimum atomic E-state index is -3.49. The van der Waals surface area contributed by atoms with E-state index >= 15 is 0 Å². The van der Waals surface area contributed by atoms with E-state index in [0.29, 0.717) is 5.75 Å². The summed E-state index contributed by atoms with van der Waals surface area (Å²) in [7, 11) is -3.49. The SMILES string of the molecule is CS(=O)(=O)Oc1ccc2c(c1)CCN(CCCSc1cc3ccccc3cn1)CC2. The van der Waals surface area contributed by atoms with Gasteiger partial charge in [-0.05, 0) is 60.5 Å². The Hall–Kier alpha value is -2.09. The van der Waals surface area contributed by atoms with E-state index in [1.54, 1.807) is 6.07 Å². The summed E-state index contributed by atoms with van der Waals surface area (Å²) in [5.41, 5.74) is 2.47. The zero-order chi connectivity index (χ0) is 21.0. The second-order valence-electron chi connectivity index (χ2n) is 7.63. The molecule has 7 heteroatoms. The van der Waals surface area contributed by atoms with E-state index in [1.165, 1.54) is 21.9 Å². The Bertz CT molecular complexity index is 1130. The fourth-order valence-electron chi connectivity index (χ4n) is 3.81. The topological polar surface area (TPSA) is 59.5 Å². The standard InChI is InChI=1S/C23H26N2O3S2/c1-30(26,27)28-22-8-7-18-9-12-25(13-10-20(18)15-22)11-4-14-29-23-16-19-5-2-3-6-21(19)17-24-23/h2-3,5-8,15-17H,4,9-14H2,1H3. The Kier molecular flexibility index (Phi) is 6.61. The van der Waals surface area contributed by atoms with Gasteiger partial charge in [0.2, 0.25) is 0 Å². The molecule has 158 valence electrons. The van der Waals surface area contributed by atoms with Crippen LogP contribution in [0.3, 0.4) is 0 Å². The van der Waals surface area contributed by atoms with Crippen LogP contribution in [-0.4, -0.2) is 49.9 Å². The second-order valence-corrected chi connectivity index (χ2v) is 10.3. The molecule has 2 heterocycles.